The summed E-state index contributed by atoms with van der Waals surface area (Å²) in [6, 6.07) is 5.54. The van der Waals surface area contributed by atoms with Crippen LogP contribution in [0.5, 0.6) is 0 Å². The lowest BCUT2D eigenvalue weighted by atomic mass is 10.1. The maximum atomic E-state index is 12.6. The van der Waals surface area contributed by atoms with Crippen LogP contribution in [0.15, 0.2) is 18.2 Å². The highest BCUT2D eigenvalue weighted by atomic mass is 16.5. The lowest BCUT2D eigenvalue weighted by Gasteiger charge is -2.14. The minimum Gasteiger partial charge on any atom is -0.376 e. The molecule has 8 nitrogen and oxygen atoms in total. The summed E-state index contributed by atoms with van der Waals surface area (Å²) in [4.78, 5) is 19.2. The van der Waals surface area contributed by atoms with Gasteiger partial charge in [-0.25, -0.2) is 4.98 Å². The van der Waals surface area contributed by atoms with Crippen LogP contribution in [0.1, 0.15) is 29.0 Å². The molecule has 2 aromatic heterocycles. The predicted molar refractivity (Wildman–Crippen MR) is 107 cm³/mol. The molecule has 8 heteroatoms. The molecule has 3 aromatic rings. The van der Waals surface area contributed by atoms with Crippen molar-refractivity contribution in [3.05, 3.63) is 29.6 Å². The zero-order chi connectivity index (χ0) is 19.7. The summed E-state index contributed by atoms with van der Waals surface area (Å²) in [6.07, 6.45) is 2.33. The number of imidazole rings is 1. The highest BCUT2D eigenvalue weighted by molar-refractivity contribution is 6.05. The topological polar surface area (TPSA) is 85.2 Å². The Hall–Kier alpha value is -2.58. The van der Waals surface area contributed by atoms with Crippen LogP contribution in [0.3, 0.4) is 0 Å². The Kier molecular flexibility index (Phi) is 5.23. The van der Waals surface area contributed by atoms with Crippen molar-refractivity contribution >= 4 is 28.0 Å². The van der Waals surface area contributed by atoms with Crippen molar-refractivity contribution in [1.29, 1.82) is 0 Å². The van der Waals surface area contributed by atoms with E-state index in [0.717, 1.165) is 54.8 Å². The third kappa shape index (κ3) is 3.70. The minimum atomic E-state index is -0.0874. The zero-order valence-electron chi connectivity index (χ0n) is 16.6. The van der Waals surface area contributed by atoms with Crippen molar-refractivity contribution in [1.82, 2.24) is 30.0 Å². The molecular formula is C20H26N6O2. The van der Waals surface area contributed by atoms with Gasteiger partial charge < -0.3 is 19.5 Å². The minimum absolute atomic E-state index is 0.0874. The number of benzene rings is 1. The van der Waals surface area contributed by atoms with Crippen molar-refractivity contribution in [2.75, 3.05) is 33.8 Å². The van der Waals surface area contributed by atoms with E-state index in [1.54, 1.807) is 6.07 Å². The normalized spacial score (nSPS) is 17.1. The first-order valence-electron chi connectivity index (χ1n) is 9.71. The molecule has 28 heavy (non-hydrogen) atoms. The molecule has 0 bridgehead atoms. The molecule has 1 saturated heterocycles. The Morgan fingerprint density at radius 3 is 2.96 bits per heavy atom. The quantitative estimate of drug-likeness (QED) is 0.699. The van der Waals surface area contributed by atoms with Gasteiger partial charge in [-0.05, 0) is 52.1 Å². The molecule has 1 aromatic carbocycles. The van der Waals surface area contributed by atoms with Gasteiger partial charge in [-0.1, -0.05) is 0 Å². The smallest absolute Gasteiger partial charge is 0.251 e. The SMILES string of the molecule is Cc1nc2nnc3ccc(C(=O)NCCN(C)C)cc3c2n1C[C@H]1CCCO1. The van der Waals surface area contributed by atoms with Gasteiger partial charge in [0.05, 0.1) is 23.7 Å². The first kappa shape index (κ1) is 18.8. The number of carbonyl (C=O) groups excluding carboxylic acids is 1. The number of carbonyl (C=O) groups is 1. The summed E-state index contributed by atoms with van der Waals surface area (Å²) in [5.74, 6) is 0.795. The van der Waals surface area contributed by atoms with E-state index in [-0.39, 0.29) is 12.0 Å². The molecule has 0 radical (unpaired) electrons. The maximum absolute atomic E-state index is 12.6. The Balaban J connectivity index is 1.71. The third-order valence-corrected chi connectivity index (χ3v) is 5.16. The molecular weight excluding hydrogens is 356 g/mol. The fourth-order valence-electron chi connectivity index (χ4n) is 3.65. The number of hydrogen-bond donors (Lipinski definition) is 1. The molecule has 1 N–H and O–H groups in total. The molecule has 0 aliphatic carbocycles. The number of amides is 1. The summed E-state index contributed by atoms with van der Waals surface area (Å²) in [6.45, 7) is 4.92. The average molecular weight is 382 g/mol. The number of nitrogens with one attached hydrogen (secondary N) is 1. The number of likely N-dealkylation sites (N-methyl/N-ethyl adjacent to an activating group) is 1. The summed E-state index contributed by atoms with van der Waals surface area (Å²) < 4.78 is 7.96. The highest BCUT2D eigenvalue weighted by Gasteiger charge is 2.21. The second-order valence-electron chi connectivity index (χ2n) is 7.57. The molecule has 148 valence electrons. The molecule has 0 unspecified atom stereocenters. The average Bonchev–Trinajstić information content (AvgIpc) is 3.29. The van der Waals surface area contributed by atoms with E-state index < -0.39 is 0 Å². The largest absolute Gasteiger partial charge is 0.376 e. The maximum Gasteiger partial charge on any atom is 0.251 e. The van der Waals surface area contributed by atoms with E-state index in [0.29, 0.717) is 17.8 Å². The van der Waals surface area contributed by atoms with Crippen molar-refractivity contribution in [3.63, 3.8) is 0 Å². The third-order valence-electron chi connectivity index (χ3n) is 5.16. The number of aryl methyl sites for hydroxylation is 1. The summed E-state index contributed by atoms with van der Waals surface area (Å²) in [7, 11) is 3.96. The van der Waals surface area contributed by atoms with Gasteiger partial charge in [0.2, 0.25) is 5.65 Å². The molecule has 4 rings (SSSR count). The van der Waals surface area contributed by atoms with Crippen molar-refractivity contribution in [2.24, 2.45) is 0 Å². The summed E-state index contributed by atoms with van der Waals surface area (Å²) in [5, 5.41) is 12.4. The van der Waals surface area contributed by atoms with Crippen LogP contribution in [0.2, 0.25) is 0 Å². The standard InChI is InChI=1S/C20H26N6O2/c1-13-22-19-18(26(13)12-15-5-4-10-28-15)16-11-14(6-7-17(16)23-24-19)20(27)21-8-9-25(2)3/h6-7,11,15H,4-5,8-10,12H2,1-3H3,(H,21,27)/t15-/m1/s1. The second kappa shape index (κ2) is 7.81. The Morgan fingerprint density at radius 1 is 1.36 bits per heavy atom. The van der Waals surface area contributed by atoms with Gasteiger partial charge in [0.25, 0.3) is 5.91 Å². The number of aromatic nitrogens is 4. The predicted octanol–water partition coefficient (Wildman–Crippen LogP) is 1.76. The van der Waals surface area contributed by atoms with E-state index >= 15 is 0 Å². The summed E-state index contributed by atoms with van der Waals surface area (Å²) in [5.41, 5.74) is 2.89. The van der Waals surface area contributed by atoms with E-state index in [1.807, 2.05) is 38.1 Å². The molecule has 1 atom stereocenters. The van der Waals surface area contributed by atoms with Crippen LogP contribution in [-0.4, -0.2) is 70.5 Å². The van der Waals surface area contributed by atoms with Crippen LogP contribution in [-0.2, 0) is 11.3 Å². The first-order valence-corrected chi connectivity index (χ1v) is 9.71. The van der Waals surface area contributed by atoms with E-state index in [2.05, 4.69) is 25.1 Å². The van der Waals surface area contributed by atoms with Crippen LogP contribution in [0.4, 0.5) is 0 Å². The number of nitrogens with zero attached hydrogens (tertiary/aromatic N) is 5. The van der Waals surface area contributed by atoms with Gasteiger partial charge in [-0.15, -0.1) is 10.2 Å². The summed E-state index contributed by atoms with van der Waals surface area (Å²) >= 11 is 0. The molecule has 1 aliphatic heterocycles. The molecule has 3 heterocycles. The monoisotopic (exact) mass is 382 g/mol. The van der Waals surface area contributed by atoms with Gasteiger partial charge in [-0.2, -0.15) is 0 Å². The van der Waals surface area contributed by atoms with Crippen LogP contribution >= 0.6 is 0 Å². The molecule has 1 aliphatic rings. The van der Waals surface area contributed by atoms with Gasteiger partial charge in [0, 0.05) is 30.6 Å². The van der Waals surface area contributed by atoms with Gasteiger partial charge >= 0.3 is 0 Å². The molecule has 1 fully saturated rings. The fraction of sp³-hybridized carbons (Fsp3) is 0.500. The molecule has 1 amide bonds. The Morgan fingerprint density at radius 2 is 2.21 bits per heavy atom. The van der Waals surface area contributed by atoms with Crippen molar-refractivity contribution in [3.8, 4) is 0 Å². The van der Waals surface area contributed by atoms with Crippen LogP contribution in [0.25, 0.3) is 22.1 Å². The number of rotatable bonds is 6. The zero-order valence-corrected chi connectivity index (χ0v) is 16.6. The van der Waals surface area contributed by atoms with Gasteiger partial charge in [0.15, 0.2) is 0 Å². The second-order valence-corrected chi connectivity index (χ2v) is 7.57. The Bertz CT molecular complexity index is 1010. The van der Waals surface area contributed by atoms with Crippen LogP contribution < -0.4 is 5.32 Å². The Labute approximate surface area is 163 Å². The van der Waals surface area contributed by atoms with Gasteiger partial charge in [0.1, 0.15) is 5.82 Å². The van der Waals surface area contributed by atoms with Crippen LogP contribution in [0, 0.1) is 6.92 Å². The van der Waals surface area contributed by atoms with Crippen molar-refractivity contribution < 1.29 is 9.53 Å². The number of ether oxygens (including phenoxy) is 1. The molecule has 0 spiro atoms. The number of hydrogen-bond acceptors (Lipinski definition) is 6. The highest BCUT2D eigenvalue weighted by Crippen LogP contribution is 2.26. The van der Waals surface area contributed by atoms with Crippen molar-refractivity contribution in [2.45, 2.75) is 32.4 Å². The number of fused-ring (bicyclic) bond motifs is 3. The molecule has 0 saturated carbocycles. The van der Waals surface area contributed by atoms with E-state index in [1.165, 1.54) is 0 Å². The first-order chi connectivity index (χ1) is 13.5. The van der Waals surface area contributed by atoms with E-state index in [9.17, 15) is 4.79 Å². The van der Waals surface area contributed by atoms with E-state index in [4.69, 9.17) is 4.74 Å². The lowest BCUT2D eigenvalue weighted by molar-refractivity contribution is 0.0950. The fourth-order valence-corrected chi connectivity index (χ4v) is 3.65. The lowest BCUT2D eigenvalue weighted by Crippen LogP contribution is -2.31. The van der Waals surface area contributed by atoms with Gasteiger partial charge in [-0.3, -0.25) is 4.79 Å².